The van der Waals surface area contributed by atoms with E-state index < -0.39 is 0 Å². The van der Waals surface area contributed by atoms with Crippen LogP contribution in [0.5, 0.6) is 0 Å². The molecule has 4 nitrogen and oxygen atoms in total. The summed E-state index contributed by atoms with van der Waals surface area (Å²) in [5.74, 6) is -0.0448. The van der Waals surface area contributed by atoms with Crippen LogP contribution in [0.3, 0.4) is 0 Å². The van der Waals surface area contributed by atoms with E-state index in [4.69, 9.17) is 0 Å². The first-order valence-corrected chi connectivity index (χ1v) is 9.62. The number of likely N-dealkylation sites (N-methyl/N-ethyl adjacent to an activating group) is 1. The van der Waals surface area contributed by atoms with Crippen molar-refractivity contribution in [2.75, 3.05) is 38.1 Å². The largest absolute Gasteiger partial charge is 0.373 e. The molecule has 0 bridgehead atoms. The molecule has 27 heavy (non-hydrogen) atoms. The molecule has 144 valence electrons. The molecule has 0 aromatic heterocycles. The zero-order chi connectivity index (χ0) is 19.1. The van der Waals surface area contributed by atoms with E-state index in [1.165, 1.54) is 12.1 Å². The number of nitrogens with one attached hydrogen (secondary N) is 1. The smallest absolute Gasteiger partial charge is 0.224 e. The highest BCUT2D eigenvalue weighted by atomic mass is 19.1. The summed E-state index contributed by atoms with van der Waals surface area (Å²) >= 11 is 0. The Kier molecular flexibility index (Phi) is 6.82. The number of carbonyl (C=O) groups excluding carboxylic acids is 1. The van der Waals surface area contributed by atoms with Crippen LogP contribution in [0, 0.1) is 11.7 Å². The van der Waals surface area contributed by atoms with Crippen LogP contribution in [-0.4, -0.2) is 44.0 Å². The molecular formula is C22H28FN3O. The molecule has 0 radical (unpaired) electrons. The average molecular weight is 369 g/mol. The summed E-state index contributed by atoms with van der Waals surface area (Å²) in [4.78, 5) is 17.0. The molecule has 1 saturated heterocycles. The lowest BCUT2D eigenvalue weighted by Gasteiger charge is -2.32. The lowest BCUT2D eigenvalue weighted by atomic mass is 9.96. The Labute approximate surface area is 161 Å². The van der Waals surface area contributed by atoms with Crippen LogP contribution in [-0.2, 0) is 11.3 Å². The predicted octanol–water partition coefficient (Wildman–Crippen LogP) is 3.29. The molecule has 1 amide bonds. The van der Waals surface area contributed by atoms with Gasteiger partial charge in [0.15, 0.2) is 0 Å². The van der Waals surface area contributed by atoms with Gasteiger partial charge in [-0.15, -0.1) is 0 Å². The molecular weight excluding hydrogens is 341 g/mol. The number of anilines is 1. The number of para-hydroxylation sites is 1. The minimum atomic E-state index is -0.213. The lowest BCUT2D eigenvalue weighted by molar-refractivity contribution is -0.126. The van der Waals surface area contributed by atoms with Gasteiger partial charge in [-0.25, -0.2) is 4.39 Å². The van der Waals surface area contributed by atoms with E-state index in [-0.39, 0.29) is 17.6 Å². The number of piperidine rings is 1. The molecule has 1 aliphatic rings. The summed E-state index contributed by atoms with van der Waals surface area (Å²) in [6, 6.07) is 16.8. The second-order valence-corrected chi connectivity index (χ2v) is 7.25. The van der Waals surface area contributed by atoms with Crippen molar-refractivity contribution in [1.29, 1.82) is 0 Å². The van der Waals surface area contributed by atoms with E-state index in [1.807, 2.05) is 37.4 Å². The molecule has 1 aliphatic heterocycles. The van der Waals surface area contributed by atoms with E-state index in [0.717, 1.165) is 50.3 Å². The first-order valence-electron chi connectivity index (χ1n) is 9.62. The minimum Gasteiger partial charge on any atom is -0.373 e. The highest BCUT2D eigenvalue weighted by Crippen LogP contribution is 2.19. The fraction of sp³-hybridized carbons (Fsp3) is 0.409. The standard InChI is InChI=1S/C22H28FN3O/c1-25(21-7-3-2-4-8-21)15-13-24-22(27)19-6-5-14-26(17-19)16-18-9-11-20(23)12-10-18/h2-4,7-12,19H,5-6,13-17H2,1H3,(H,24,27)/t19-/m1/s1. The molecule has 0 spiro atoms. The second kappa shape index (κ2) is 9.51. The van der Waals surface area contributed by atoms with Crippen LogP contribution >= 0.6 is 0 Å². The van der Waals surface area contributed by atoms with Crippen molar-refractivity contribution in [2.45, 2.75) is 19.4 Å². The van der Waals surface area contributed by atoms with Gasteiger partial charge in [0.1, 0.15) is 5.82 Å². The number of benzene rings is 2. The fourth-order valence-electron chi connectivity index (χ4n) is 3.56. The monoisotopic (exact) mass is 369 g/mol. The zero-order valence-corrected chi connectivity index (χ0v) is 15.9. The van der Waals surface area contributed by atoms with E-state index in [9.17, 15) is 9.18 Å². The molecule has 2 aromatic carbocycles. The highest BCUT2D eigenvalue weighted by molar-refractivity contribution is 5.79. The fourth-order valence-corrected chi connectivity index (χ4v) is 3.56. The first-order chi connectivity index (χ1) is 13.1. The van der Waals surface area contributed by atoms with Gasteiger partial charge in [-0.2, -0.15) is 0 Å². The normalized spacial score (nSPS) is 17.5. The maximum absolute atomic E-state index is 13.0. The van der Waals surface area contributed by atoms with Gasteiger partial charge in [-0.05, 0) is 49.2 Å². The maximum atomic E-state index is 13.0. The molecule has 0 saturated carbocycles. The van der Waals surface area contributed by atoms with Crippen molar-refractivity contribution in [1.82, 2.24) is 10.2 Å². The SMILES string of the molecule is CN(CCNC(=O)[C@@H]1CCCN(Cc2ccc(F)cc2)C1)c1ccccc1. The molecule has 3 rings (SSSR count). The number of nitrogens with zero attached hydrogens (tertiary/aromatic N) is 2. The van der Waals surface area contributed by atoms with Gasteiger partial charge in [-0.1, -0.05) is 30.3 Å². The van der Waals surface area contributed by atoms with Crippen molar-refractivity contribution in [3.63, 3.8) is 0 Å². The van der Waals surface area contributed by atoms with Crippen molar-refractivity contribution in [3.05, 3.63) is 66.0 Å². The lowest BCUT2D eigenvalue weighted by Crippen LogP contribution is -2.44. The third kappa shape index (κ3) is 5.79. The van der Waals surface area contributed by atoms with Gasteiger partial charge in [-0.3, -0.25) is 9.69 Å². The van der Waals surface area contributed by atoms with Gasteiger partial charge < -0.3 is 10.2 Å². The predicted molar refractivity (Wildman–Crippen MR) is 107 cm³/mol. The summed E-state index contributed by atoms with van der Waals surface area (Å²) in [7, 11) is 2.03. The molecule has 5 heteroatoms. The summed E-state index contributed by atoms with van der Waals surface area (Å²) in [5, 5.41) is 3.09. The Bertz CT molecular complexity index is 720. The number of hydrogen-bond acceptors (Lipinski definition) is 3. The van der Waals surface area contributed by atoms with Crippen molar-refractivity contribution >= 4 is 11.6 Å². The van der Waals surface area contributed by atoms with Crippen LogP contribution in [0.15, 0.2) is 54.6 Å². The topological polar surface area (TPSA) is 35.6 Å². The van der Waals surface area contributed by atoms with Gasteiger partial charge in [0.2, 0.25) is 5.91 Å². The van der Waals surface area contributed by atoms with Crippen LogP contribution in [0.25, 0.3) is 0 Å². The van der Waals surface area contributed by atoms with Crippen molar-refractivity contribution in [3.8, 4) is 0 Å². The molecule has 1 atom stereocenters. The van der Waals surface area contributed by atoms with Gasteiger partial charge >= 0.3 is 0 Å². The Hall–Kier alpha value is -2.40. The zero-order valence-electron chi connectivity index (χ0n) is 15.9. The van der Waals surface area contributed by atoms with Crippen LogP contribution < -0.4 is 10.2 Å². The number of carbonyl (C=O) groups is 1. The van der Waals surface area contributed by atoms with E-state index in [0.29, 0.717) is 6.54 Å². The van der Waals surface area contributed by atoms with Gasteiger partial charge in [0.25, 0.3) is 0 Å². The Morgan fingerprint density at radius 2 is 1.93 bits per heavy atom. The van der Waals surface area contributed by atoms with Crippen LogP contribution in [0.2, 0.25) is 0 Å². The molecule has 1 heterocycles. The number of likely N-dealkylation sites (tertiary alicyclic amines) is 1. The van der Waals surface area contributed by atoms with Gasteiger partial charge in [0, 0.05) is 38.9 Å². The summed E-state index contributed by atoms with van der Waals surface area (Å²) < 4.78 is 13.0. The van der Waals surface area contributed by atoms with Gasteiger partial charge in [0.05, 0.1) is 5.92 Å². The summed E-state index contributed by atoms with van der Waals surface area (Å²) in [5.41, 5.74) is 2.23. The molecule has 1 N–H and O–H groups in total. The van der Waals surface area contributed by atoms with Crippen LogP contribution in [0.4, 0.5) is 10.1 Å². The second-order valence-electron chi connectivity index (χ2n) is 7.25. The highest BCUT2D eigenvalue weighted by Gasteiger charge is 2.25. The molecule has 0 aliphatic carbocycles. The maximum Gasteiger partial charge on any atom is 0.224 e. The van der Waals surface area contributed by atoms with E-state index in [1.54, 1.807) is 0 Å². The van der Waals surface area contributed by atoms with E-state index in [2.05, 4.69) is 27.2 Å². The van der Waals surface area contributed by atoms with Crippen molar-refractivity contribution < 1.29 is 9.18 Å². The number of hydrogen-bond donors (Lipinski definition) is 1. The number of rotatable bonds is 7. The Morgan fingerprint density at radius 3 is 2.67 bits per heavy atom. The number of halogens is 1. The number of amides is 1. The first kappa shape index (κ1) is 19.4. The minimum absolute atomic E-state index is 0.0289. The summed E-state index contributed by atoms with van der Waals surface area (Å²) in [6.45, 7) is 3.93. The molecule has 0 unspecified atom stereocenters. The van der Waals surface area contributed by atoms with Crippen molar-refractivity contribution in [2.24, 2.45) is 5.92 Å². The molecule has 1 fully saturated rings. The average Bonchev–Trinajstić information content (AvgIpc) is 2.70. The quantitative estimate of drug-likeness (QED) is 0.814. The third-order valence-corrected chi connectivity index (χ3v) is 5.14. The van der Waals surface area contributed by atoms with Crippen LogP contribution in [0.1, 0.15) is 18.4 Å². The Morgan fingerprint density at radius 1 is 1.19 bits per heavy atom. The third-order valence-electron chi connectivity index (χ3n) is 5.14. The van der Waals surface area contributed by atoms with E-state index >= 15 is 0 Å². The Balaban J connectivity index is 1.43. The molecule has 2 aromatic rings. The summed E-state index contributed by atoms with van der Waals surface area (Å²) in [6.07, 6.45) is 1.95.